The molecule has 0 spiro atoms. The Kier molecular flexibility index (Phi) is 4.55. The number of hydrogen-bond acceptors (Lipinski definition) is 3. The molecule has 1 rings (SSSR count). The van der Waals surface area contributed by atoms with E-state index in [0.717, 1.165) is 12.0 Å². The molecule has 0 aliphatic carbocycles. The summed E-state index contributed by atoms with van der Waals surface area (Å²) in [5, 5.41) is 11.4. The van der Waals surface area contributed by atoms with Crippen molar-refractivity contribution in [3.05, 3.63) is 33.9 Å². The van der Waals surface area contributed by atoms with Crippen molar-refractivity contribution >= 4 is 21.6 Å². The van der Waals surface area contributed by atoms with Crippen molar-refractivity contribution in [2.24, 2.45) is 0 Å². The lowest BCUT2D eigenvalue weighted by molar-refractivity contribution is -0.385. The minimum atomic E-state index is -0.414. The van der Waals surface area contributed by atoms with Gasteiger partial charge >= 0.3 is 5.69 Å². The van der Waals surface area contributed by atoms with Crippen LogP contribution in [0.3, 0.4) is 0 Å². The van der Waals surface area contributed by atoms with E-state index in [4.69, 9.17) is 4.74 Å². The molecule has 1 aromatic carbocycles. The molecule has 0 radical (unpaired) electrons. The van der Waals surface area contributed by atoms with Gasteiger partial charge in [0.05, 0.1) is 11.5 Å². The topological polar surface area (TPSA) is 52.4 Å². The smallest absolute Gasteiger partial charge is 0.311 e. The van der Waals surface area contributed by atoms with Crippen LogP contribution in [0.15, 0.2) is 18.2 Å². The van der Waals surface area contributed by atoms with Gasteiger partial charge in [0.15, 0.2) is 5.75 Å². The van der Waals surface area contributed by atoms with E-state index in [1.54, 1.807) is 12.1 Å². The van der Waals surface area contributed by atoms with Gasteiger partial charge in [-0.15, -0.1) is 0 Å². The number of benzene rings is 1. The van der Waals surface area contributed by atoms with E-state index in [-0.39, 0.29) is 5.69 Å². The van der Waals surface area contributed by atoms with Crippen LogP contribution in [0.5, 0.6) is 5.75 Å². The highest BCUT2D eigenvalue weighted by molar-refractivity contribution is 9.09. The molecule has 0 saturated heterocycles. The van der Waals surface area contributed by atoms with Gasteiger partial charge in [-0.2, -0.15) is 0 Å². The predicted molar refractivity (Wildman–Crippen MR) is 61.8 cm³/mol. The number of aryl methyl sites for hydroxylation is 1. The highest BCUT2D eigenvalue weighted by Crippen LogP contribution is 2.28. The van der Waals surface area contributed by atoms with Crippen LogP contribution in [0, 0.1) is 10.1 Å². The van der Waals surface area contributed by atoms with Crippen LogP contribution >= 0.6 is 15.9 Å². The van der Waals surface area contributed by atoms with Gasteiger partial charge in [0.1, 0.15) is 0 Å². The SMILES string of the molecule is CCc1ccc(OCCBr)c([N+](=O)[O-])c1. The lowest BCUT2D eigenvalue weighted by Crippen LogP contribution is -2.01. The van der Waals surface area contributed by atoms with E-state index in [9.17, 15) is 10.1 Å². The second kappa shape index (κ2) is 5.70. The Bertz CT molecular complexity index is 355. The van der Waals surface area contributed by atoms with E-state index in [1.807, 2.05) is 13.0 Å². The van der Waals surface area contributed by atoms with E-state index >= 15 is 0 Å². The first kappa shape index (κ1) is 12.0. The maximum atomic E-state index is 10.8. The lowest BCUT2D eigenvalue weighted by atomic mass is 10.1. The zero-order valence-electron chi connectivity index (χ0n) is 8.40. The summed E-state index contributed by atoms with van der Waals surface area (Å²) in [5.41, 5.74) is 0.975. The van der Waals surface area contributed by atoms with Crippen molar-refractivity contribution in [1.29, 1.82) is 0 Å². The van der Waals surface area contributed by atoms with Crippen molar-refractivity contribution in [3.8, 4) is 5.75 Å². The number of rotatable bonds is 5. The standard InChI is InChI=1S/C10H12BrNO3/c1-2-8-3-4-10(15-6-5-11)9(7-8)12(13)14/h3-4,7H,2,5-6H2,1H3. The second-order valence-electron chi connectivity index (χ2n) is 2.95. The van der Waals surface area contributed by atoms with Crippen LogP contribution in [0.25, 0.3) is 0 Å². The number of nitro benzene ring substituents is 1. The van der Waals surface area contributed by atoms with Crippen molar-refractivity contribution < 1.29 is 9.66 Å². The predicted octanol–water partition coefficient (Wildman–Crippen LogP) is 2.93. The van der Waals surface area contributed by atoms with Crippen molar-refractivity contribution in [2.75, 3.05) is 11.9 Å². The molecule has 15 heavy (non-hydrogen) atoms. The molecular formula is C10H12BrNO3. The van der Waals surface area contributed by atoms with Crippen LogP contribution in [0.4, 0.5) is 5.69 Å². The van der Waals surface area contributed by atoms with Crippen LogP contribution in [-0.4, -0.2) is 16.9 Å². The number of hydrogen-bond donors (Lipinski definition) is 0. The zero-order valence-corrected chi connectivity index (χ0v) is 9.99. The fourth-order valence-corrected chi connectivity index (χ4v) is 1.36. The van der Waals surface area contributed by atoms with Gasteiger partial charge < -0.3 is 4.74 Å². The van der Waals surface area contributed by atoms with Crippen LogP contribution < -0.4 is 4.74 Å². The summed E-state index contributed by atoms with van der Waals surface area (Å²) in [7, 11) is 0. The minimum Gasteiger partial charge on any atom is -0.486 e. The first-order valence-electron chi connectivity index (χ1n) is 4.65. The number of nitrogens with zero attached hydrogens (tertiary/aromatic N) is 1. The Morgan fingerprint density at radius 1 is 1.53 bits per heavy atom. The molecular weight excluding hydrogens is 262 g/mol. The van der Waals surface area contributed by atoms with Gasteiger partial charge in [-0.05, 0) is 18.1 Å². The molecule has 0 aliphatic heterocycles. The Balaban J connectivity index is 2.98. The van der Waals surface area contributed by atoms with Crippen LogP contribution in [0.1, 0.15) is 12.5 Å². The van der Waals surface area contributed by atoms with Gasteiger partial charge in [-0.1, -0.05) is 28.9 Å². The molecule has 0 bridgehead atoms. The molecule has 4 nitrogen and oxygen atoms in total. The number of alkyl halides is 1. The van der Waals surface area contributed by atoms with Gasteiger partial charge in [0.2, 0.25) is 0 Å². The van der Waals surface area contributed by atoms with Gasteiger partial charge in [0.25, 0.3) is 0 Å². The molecule has 82 valence electrons. The van der Waals surface area contributed by atoms with Crippen molar-refractivity contribution in [1.82, 2.24) is 0 Å². The van der Waals surface area contributed by atoms with Crippen molar-refractivity contribution in [2.45, 2.75) is 13.3 Å². The largest absolute Gasteiger partial charge is 0.486 e. The van der Waals surface area contributed by atoms with Gasteiger partial charge in [-0.25, -0.2) is 0 Å². The molecule has 0 atom stereocenters. The normalized spacial score (nSPS) is 10.0. The van der Waals surface area contributed by atoms with Crippen molar-refractivity contribution in [3.63, 3.8) is 0 Å². The lowest BCUT2D eigenvalue weighted by Gasteiger charge is -2.05. The summed E-state index contributed by atoms with van der Waals surface area (Å²) in [6, 6.07) is 5.06. The highest BCUT2D eigenvalue weighted by atomic mass is 79.9. The minimum absolute atomic E-state index is 0.0373. The Labute approximate surface area is 96.5 Å². The molecule has 0 aliphatic rings. The highest BCUT2D eigenvalue weighted by Gasteiger charge is 2.15. The van der Waals surface area contributed by atoms with Gasteiger partial charge in [-0.3, -0.25) is 10.1 Å². The summed E-state index contributed by atoms with van der Waals surface area (Å²) < 4.78 is 5.26. The molecule has 0 amide bonds. The average molecular weight is 274 g/mol. The van der Waals surface area contributed by atoms with Crippen LogP contribution in [0.2, 0.25) is 0 Å². The fraction of sp³-hybridized carbons (Fsp3) is 0.400. The van der Waals surface area contributed by atoms with E-state index < -0.39 is 4.92 Å². The zero-order chi connectivity index (χ0) is 11.3. The third kappa shape index (κ3) is 3.20. The first-order valence-corrected chi connectivity index (χ1v) is 5.77. The third-order valence-electron chi connectivity index (χ3n) is 1.96. The summed E-state index contributed by atoms with van der Waals surface area (Å²) in [6.07, 6.45) is 0.777. The second-order valence-corrected chi connectivity index (χ2v) is 3.74. The number of halogens is 1. The molecule has 0 fully saturated rings. The maximum Gasteiger partial charge on any atom is 0.311 e. The molecule has 1 aromatic rings. The van der Waals surface area contributed by atoms with Gasteiger partial charge in [0, 0.05) is 11.4 Å². The fourth-order valence-electron chi connectivity index (χ4n) is 1.20. The molecule has 0 heterocycles. The number of nitro groups is 1. The Hall–Kier alpha value is -1.10. The molecule has 0 saturated carbocycles. The average Bonchev–Trinajstić information content (AvgIpc) is 2.26. The Morgan fingerprint density at radius 3 is 2.80 bits per heavy atom. The van der Waals surface area contributed by atoms with E-state index in [2.05, 4.69) is 15.9 Å². The quantitative estimate of drug-likeness (QED) is 0.471. The monoisotopic (exact) mass is 273 g/mol. The number of ether oxygens (including phenoxy) is 1. The summed E-state index contributed by atoms with van der Waals surface area (Å²) in [4.78, 5) is 10.4. The maximum absolute atomic E-state index is 10.8. The third-order valence-corrected chi connectivity index (χ3v) is 2.29. The molecule has 0 unspecified atom stereocenters. The van der Waals surface area contributed by atoms with E-state index in [1.165, 1.54) is 0 Å². The van der Waals surface area contributed by atoms with Crippen LogP contribution in [-0.2, 0) is 6.42 Å². The molecule has 5 heteroatoms. The summed E-state index contributed by atoms with van der Waals surface area (Å²) in [6.45, 7) is 2.38. The summed E-state index contributed by atoms with van der Waals surface area (Å²) >= 11 is 3.20. The van der Waals surface area contributed by atoms with E-state index in [0.29, 0.717) is 17.7 Å². The first-order chi connectivity index (χ1) is 7.19. The Morgan fingerprint density at radius 2 is 2.27 bits per heavy atom. The molecule has 0 aromatic heterocycles. The molecule has 0 N–H and O–H groups in total. The summed E-state index contributed by atoms with van der Waals surface area (Å²) in [5.74, 6) is 0.330.